The molecular weight excluding hydrogens is 965 g/mol. The molecule has 0 aliphatic rings. The van der Waals surface area contributed by atoms with Gasteiger partial charge in [0.1, 0.15) is 28.1 Å². The molecule has 7 heterocycles. The Labute approximate surface area is 443 Å². The van der Waals surface area contributed by atoms with E-state index in [9.17, 15) is 0 Å². The zero-order valence-corrected chi connectivity index (χ0v) is 41.9. The number of aryl methyl sites for hydroxylation is 2. The number of benzene rings is 9. The fraction of sp³-hybridized carbons (Fsp3) is 0.0303. The predicted molar refractivity (Wildman–Crippen MR) is 309 cm³/mol. The number of hydrogen-bond donors (Lipinski definition) is 0. The van der Waals surface area contributed by atoms with Crippen molar-refractivity contribution in [2.24, 2.45) is 0 Å². The van der Waals surface area contributed by atoms with Gasteiger partial charge in [0.25, 0.3) is 0 Å². The van der Waals surface area contributed by atoms with Crippen molar-refractivity contribution < 1.29 is 8.83 Å². The van der Waals surface area contributed by atoms with Crippen molar-refractivity contribution in [1.82, 2.24) is 49.0 Å². The van der Waals surface area contributed by atoms with Crippen LogP contribution in [0.1, 0.15) is 11.1 Å². The van der Waals surface area contributed by atoms with Gasteiger partial charge in [-0.15, -0.1) is 0 Å². The predicted octanol–water partition coefficient (Wildman–Crippen LogP) is 15.8. The van der Waals surface area contributed by atoms with E-state index in [0.29, 0.717) is 46.7 Å². The van der Waals surface area contributed by atoms with Crippen LogP contribution in [0.2, 0.25) is 0 Å². The Hall–Kier alpha value is -10.7. The van der Waals surface area contributed by atoms with Crippen molar-refractivity contribution in [3.8, 4) is 69.0 Å². The Morgan fingerprint density at radius 3 is 1.28 bits per heavy atom. The number of aromatic nitrogens is 10. The first kappa shape index (κ1) is 43.7. The lowest BCUT2D eigenvalue weighted by atomic mass is 9.98. The van der Waals surface area contributed by atoms with Crippen molar-refractivity contribution in [3.63, 3.8) is 0 Å². The fourth-order valence-corrected chi connectivity index (χ4v) is 11.4. The van der Waals surface area contributed by atoms with Crippen molar-refractivity contribution >= 4 is 87.5 Å². The molecule has 0 spiro atoms. The molecule has 0 bridgehead atoms. The first-order valence-corrected chi connectivity index (χ1v) is 25.7. The summed E-state index contributed by atoms with van der Waals surface area (Å²) in [6.45, 7) is 4.39. The number of nitrogens with zero attached hydrogens (tertiary/aromatic N) is 10. The van der Waals surface area contributed by atoms with E-state index in [0.717, 1.165) is 121 Å². The van der Waals surface area contributed by atoms with Gasteiger partial charge < -0.3 is 8.83 Å². The van der Waals surface area contributed by atoms with E-state index in [-0.39, 0.29) is 0 Å². The van der Waals surface area contributed by atoms with Crippen LogP contribution in [0.5, 0.6) is 0 Å². The summed E-state index contributed by atoms with van der Waals surface area (Å²) < 4.78 is 17.1. The van der Waals surface area contributed by atoms with Gasteiger partial charge in [0, 0.05) is 71.5 Å². The summed E-state index contributed by atoms with van der Waals surface area (Å²) in [5.74, 6) is 4.05. The smallest absolute Gasteiger partial charge is 0.238 e. The number of fused-ring (bicyclic) bond motifs is 13. The second-order valence-corrected chi connectivity index (χ2v) is 19.6. The fourth-order valence-electron chi connectivity index (χ4n) is 11.4. The summed E-state index contributed by atoms with van der Waals surface area (Å²) in [6.07, 6.45) is 1.79. The Balaban J connectivity index is 0.938. The van der Waals surface area contributed by atoms with E-state index in [1.165, 1.54) is 0 Å². The highest BCUT2D eigenvalue weighted by Crippen LogP contribution is 2.46. The van der Waals surface area contributed by atoms with Crippen LogP contribution >= 0.6 is 0 Å². The van der Waals surface area contributed by atoms with Crippen LogP contribution in [0.4, 0.5) is 0 Å². The van der Waals surface area contributed by atoms with Gasteiger partial charge in [-0.05, 0) is 91.7 Å². The highest BCUT2D eigenvalue weighted by Gasteiger charge is 2.27. The maximum Gasteiger partial charge on any atom is 0.238 e. The Morgan fingerprint density at radius 2 is 0.744 bits per heavy atom. The minimum Gasteiger partial charge on any atom is -0.456 e. The van der Waals surface area contributed by atoms with Crippen molar-refractivity contribution in [1.29, 1.82) is 0 Å². The molecule has 16 aromatic rings. The Bertz CT molecular complexity index is 4940. The second kappa shape index (κ2) is 16.9. The largest absolute Gasteiger partial charge is 0.456 e. The zero-order chi connectivity index (χ0) is 51.6. The molecule has 0 amide bonds. The van der Waals surface area contributed by atoms with Gasteiger partial charge in [0.2, 0.25) is 11.8 Å². The van der Waals surface area contributed by atoms with Gasteiger partial charge >= 0.3 is 0 Å². The molecule has 0 saturated heterocycles. The molecule has 12 heteroatoms. The molecule has 0 N–H and O–H groups in total. The molecule has 0 fully saturated rings. The standard InChI is InChI=1S/C66H40N10O2/c1-37-38(2)59-57(56-45-23-9-13-25-49(45)75(58(37)56)55-33-34-67-64(68-55)65-71-60(39-17-5-3-6-18-39)69-61(72-65)40-19-7-4-8-20-40)46-24-10-14-26-50(46)76(59)66-73-62(41-29-31-53-47(35-41)43-21-11-15-27-51(43)77-53)70-63(74-66)42-30-32-54-48(36-42)44-22-12-16-28-52(44)78-54/h3-36H,1-2H3. The number of furan rings is 2. The van der Waals surface area contributed by atoms with Crippen LogP contribution in [0.15, 0.2) is 215 Å². The maximum atomic E-state index is 6.29. The minimum atomic E-state index is 0.371. The summed E-state index contributed by atoms with van der Waals surface area (Å²) >= 11 is 0. The van der Waals surface area contributed by atoms with E-state index >= 15 is 0 Å². The monoisotopic (exact) mass is 1000 g/mol. The van der Waals surface area contributed by atoms with E-state index in [4.69, 9.17) is 48.7 Å². The van der Waals surface area contributed by atoms with Crippen molar-refractivity contribution in [3.05, 3.63) is 218 Å². The van der Waals surface area contributed by atoms with Gasteiger partial charge in [-0.2, -0.15) is 9.97 Å². The molecule has 366 valence electrons. The lowest BCUT2D eigenvalue weighted by Gasteiger charge is -2.15. The highest BCUT2D eigenvalue weighted by atomic mass is 16.3. The van der Waals surface area contributed by atoms with Crippen LogP contribution in [0.25, 0.3) is 156 Å². The topological polar surface area (TPSA) is 139 Å². The number of rotatable bonds is 7. The zero-order valence-electron chi connectivity index (χ0n) is 41.9. The first-order valence-electron chi connectivity index (χ1n) is 25.7. The third-order valence-electron chi connectivity index (χ3n) is 15.1. The molecule has 12 nitrogen and oxygen atoms in total. The molecule has 9 aromatic carbocycles. The van der Waals surface area contributed by atoms with Gasteiger partial charge in [0.15, 0.2) is 29.1 Å². The number of para-hydroxylation sites is 4. The van der Waals surface area contributed by atoms with Crippen LogP contribution < -0.4 is 0 Å². The van der Waals surface area contributed by atoms with Gasteiger partial charge in [-0.25, -0.2) is 29.9 Å². The van der Waals surface area contributed by atoms with Crippen LogP contribution in [-0.2, 0) is 0 Å². The average Bonchev–Trinajstić information content (AvgIpc) is 4.36. The third kappa shape index (κ3) is 6.66. The van der Waals surface area contributed by atoms with Crippen LogP contribution in [0.3, 0.4) is 0 Å². The van der Waals surface area contributed by atoms with Crippen molar-refractivity contribution in [2.45, 2.75) is 13.8 Å². The molecule has 0 saturated carbocycles. The molecule has 0 unspecified atom stereocenters. The average molecular weight is 1010 g/mol. The van der Waals surface area contributed by atoms with E-state index in [1.807, 2.05) is 127 Å². The molecule has 78 heavy (non-hydrogen) atoms. The summed E-state index contributed by atoms with van der Waals surface area (Å²) in [4.78, 5) is 41.3. The van der Waals surface area contributed by atoms with Gasteiger partial charge in [-0.3, -0.25) is 9.13 Å². The van der Waals surface area contributed by atoms with E-state index in [2.05, 4.69) is 95.8 Å². The Morgan fingerprint density at radius 1 is 0.321 bits per heavy atom. The molecule has 0 aliphatic carbocycles. The highest BCUT2D eigenvalue weighted by molar-refractivity contribution is 6.30. The molecular formula is C66H40N10O2. The summed E-state index contributed by atoms with van der Waals surface area (Å²) in [6, 6.07) is 67.4. The third-order valence-corrected chi connectivity index (χ3v) is 15.1. The van der Waals surface area contributed by atoms with E-state index < -0.39 is 0 Å². The molecule has 0 atom stereocenters. The van der Waals surface area contributed by atoms with Crippen LogP contribution in [0, 0.1) is 13.8 Å². The maximum absolute atomic E-state index is 6.29. The lowest BCUT2D eigenvalue weighted by Crippen LogP contribution is -2.08. The van der Waals surface area contributed by atoms with Gasteiger partial charge in [-0.1, -0.05) is 133 Å². The Kier molecular flexibility index (Phi) is 9.46. The molecule has 7 aromatic heterocycles. The lowest BCUT2D eigenvalue weighted by molar-refractivity contribution is 0.668. The van der Waals surface area contributed by atoms with Gasteiger partial charge in [0.05, 0.1) is 22.1 Å². The molecule has 0 aliphatic heterocycles. The van der Waals surface area contributed by atoms with Crippen LogP contribution in [-0.4, -0.2) is 49.0 Å². The second-order valence-electron chi connectivity index (χ2n) is 19.6. The molecule has 16 rings (SSSR count). The van der Waals surface area contributed by atoms with E-state index in [1.54, 1.807) is 6.20 Å². The number of hydrogen-bond acceptors (Lipinski definition) is 10. The quantitative estimate of drug-likeness (QED) is 0.152. The molecule has 0 radical (unpaired) electrons. The summed E-state index contributed by atoms with van der Waals surface area (Å²) in [5.41, 5.74) is 12.7. The normalized spacial score (nSPS) is 12.0. The van der Waals surface area contributed by atoms with Crippen molar-refractivity contribution in [2.75, 3.05) is 0 Å². The minimum absolute atomic E-state index is 0.371. The first-order chi connectivity index (χ1) is 38.5. The SMILES string of the molecule is Cc1c(C)c2c(c3ccccc3n2-c2nc(-c3ccc4oc5ccccc5c4c3)nc(-c3ccc4oc5ccccc5c4c3)n2)c2c3ccccc3n(-c3ccnc(-c4nc(-c5ccccc5)nc(-c5ccccc5)n4)n3)c12. The summed E-state index contributed by atoms with van der Waals surface area (Å²) in [7, 11) is 0. The summed E-state index contributed by atoms with van der Waals surface area (Å²) in [5, 5.41) is 8.30.